The van der Waals surface area contributed by atoms with E-state index in [1.165, 1.54) is 6.33 Å². The molecular weight excluding hydrogens is 256 g/mol. The fraction of sp³-hybridized carbons (Fsp3) is 0.357. The van der Waals surface area contributed by atoms with Crippen LogP contribution in [-0.4, -0.2) is 27.3 Å². The second-order valence-electron chi connectivity index (χ2n) is 4.99. The lowest BCUT2D eigenvalue weighted by Gasteiger charge is -2.28. The van der Waals surface area contributed by atoms with Crippen molar-refractivity contribution in [3.05, 3.63) is 40.7 Å². The Balaban J connectivity index is 1.87. The zero-order valence-corrected chi connectivity index (χ0v) is 11.5. The number of furan rings is 1. The fourth-order valence-electron chi connectivity index (χ4n) is 2.57. The second-order valence-corrected chi connectivity index (χ2v) is 4.99. The van der Waals surface area contributed by atoms with Crippen LogP contribution in [0.25, 0.3) is 0 Å². The highest BCUT2D eigenvalue weighted by atomic mass is 16.3. The molecule has 0 unspecified atom stereocenters. The summed E-state index contributed by atoms with van der Waals surface area (Å²) in [6.45, 7) is 4.72. The van der Waals surface area contributed by atoms with Gasteiger partial charge in [0, 0.05) is 12.1 Å². The van der Waals surface area contributed by atoms with Crippen LogP contribution in [0.4, 0.5) is 5.82 Å². The Morgan fingerprint density at radius 1 is 1.40 bits per heavy atom. The number of hydrogen-bond acceptors (Lipinski definition) is 5. The average molecular weight is 272 g/mol. The van der Waals surface area contributed by atoms with Gasteiger partial charge in [-0.1, -0.05) is 0 Å². The van der Waals surface area contributed by atoms with E-state index < -0.39 is 0 Å². The quantitative estimate of drug-likeness (QED) is 0.849. The van der Waals surface area contributed by atoms with Crippen molar-refractivity contribution in [3.8, 4) is 0 Å². The van der Waals surface area contributed by atoms with Crippen LogP contribution in [0.2, 0.25) is 0 Å². The van der Waals surface area contributed by atoms with Gasteiger partial charge in [-0.05, 0) is 26.3 Å². The molecule has 1 aliphatic heterocycles. The second kappa shape index (κ2) is 4.63. The van der Waals surface area contributed by atoms with E-state index >= 15 is 0 Å². The molecule has 0 aromatic carbocycles. The van der Waals surface area contributed by atoms with E-state index in [1.54, 1.807) is 17.9 Å². The first kappa shape index (κ1) is 12.7. The summed E-state index contributed by atoms with van der Waals surface area (Å²) in [7, 11) is 0. The summed E-state index contributed by atoms with van der Waals surface area (Å²) in [5, 5.41) is 0. The third-order valence-electron chi connectivity index (χ3n) is 3.60. The topological polar surface area (TPSA) is 85.2 Å². The van der Waals surface area contributed by atoms with Crippen LogP contribution in [0.15, 0.2) is 16.8 Å². The molecule has 104 valence electrons. The molecule has 0 fully saturated rings. The molecule has 0 atom stereocenters. The van der Waals surface area contributed by atoms with Crippen molar-refractivity contribution in [2.75, 3.05) is 12.3 Å². The third kappa shape index (κ3) is 2.03. The molecule has 6 heteroatoms. The highest BCUT2D eigenvalue weighted by Gasteiger charge is 2.26. The minimum atomic E-state index is -0.0258. The molecule has 2 N–H and O–H groups in total. The first-order valence-corrected chi connectivity index (χ1v) is 6.51. The third-order valence-corrected chi connectivity index (χ3v) is 3.60. The van der Waals surface area contributed by atoms with E-state index in [2.05, 4.69) is 9.97 Å². The van der Waals surface area contributed by atoms with E-state index in [0.717, 1.165) is 17.0 Å². The van der Waals surface area contributed by atoms with Crippen molar-refractivity contribution < 1.29 is 9.21 Å². The molecule has 1 amide bonds. The number of amides is 1. The lowest BCUT2D eigenvalue weighted by Crippen LogP contribution is -2.37. The normalized spacial score (nSPS) is 14.2. The summed E-state index contributed by atoms with van der Waals surface area (Å²) in [4.78, 5) is 22.5. The molecule has 0 bridgehead atoms. The van der Waals surface area contributed by atoms with Crippen LogP contribution in [0.3, 0.4) is 0 Å². The molecule has 2 aromatic rings. The highest BCUT2D eigenvalue weighted by Crippen LogP contribution is 2.23. The molecule has 3 heterocycles. The lowest BCUT2D eigenvalue weighted by atomic mass is 10.0. The molecule has 20 heavy (non-hydrogen) atoms. The van der Waals surface area contributed by atoms with E-state index in [9.17, 15) is 4.79 Å². The summed E-state index contributed by atoms with van der Waals surface area (Å²) < 4.78 is 5.42. The molecule has 1 aliphatic rings. The molecule has 3 rings (SSSR count). The van der Waals surface area contributed by atoms with Gasteiger partial charge in [-0.25, -0.2) is 9.97 Å². The Morgan fingerprint density at radius 2 is 2.20 bits per heavy atom. The number of carbonyl (C=O) groups is 1. The number of nitrogens with zero attached hydrogens (tertiary/aromatic N) is 3. The first-order valence-electron chi connectivity index (χ1n) is 6.51. The lowest BCUT2D eigenvalue weighted by molar-refractivity contribution is 0.0730. The van der Waals surface area contributed by atoms with E-state index in [4.69, 9.17) is 10.2 Å². The predicted octanol–water partition coefficient (Wildman–Crippen LogP) is 1.47. The van der Waals surface area contributed by atoms with Gasteiger partial charge in [0.2, 0.25) is 0 Å². The zero-order valence-electron chi connectivity index (χ0n) is 11.5. The number of nitrogen functional groups attached to an aromatic ring is 1. The summed E-state index contributed by atoms with van der Waals surface area (Å²) in [5.41, 5.74) is 8.23. The van der Waals surface area contributed by atoms with Gasteiger partial charge >= 0.3 is 0 Å². The number of aromatic nitrogens is 2. The van der Waals surface area contributed by atoms with Gasteiger partial charge in [-0.15, -0.1) is 0 Å². The summed E-state index contributed by atoms with van der Waals surface area (Å²) in [6.07, 6.45) is 2.12. The summed E-state index contributed by atoms with van der Waals surface area (Å²) in [5.74, 6) is 1.88. The fourth-order valence-corrected chi connectivity index (χ4v) is 2.57. The van der Waals surface area contributed by atoms with Crippen LogP contribution >= 0.6 is 0 Å². The van der Waals surface area contributed by atoms with Gasteiger partial charge in [0.05, 0.1) is 17.8 Å². The SMILES string of the molecule is Cc1cc(C(=O)N2CCc3c(N)ncnc3C2)c(C)o1. The average Bonchev–Trinajstić information content (AvgIpc) is 2.77. The van der Waals surface area contributed by atoms with Crippen molar-refractivity contribution in [1.82, 2.24) is 14.9 Å². The highest BCUT2D eigenvalue weighted by molar-refractivity contribution is 5.95. The van der Waals surface area contributed by atoms with Gasteiger partial charge in [-0.2, -0.15) is 0 Å². The minimum absolute atomic E-state index is 0.0258. The molecule has 0 saturated heterocycles. The summed E-state index contributed by atoms with van der Waals surface area (Å²) in [6, 6.07) is 1.78. The smallest absolute Gasteiger partial charge is 0.257 e. The van der Waals surface area contributed by atoms with Crippen LogP contribution in [0.5, 0.6) is 0 Å². The van der Waals surface area contributed by atoms with Crippen molar-refractivity contribution in [2.24, 2.45) is 0 Å². The van der Waals surface area contributed by atoms with E-state index in [0.29, 0.717) is 36.7 Å². The molecule has 0 radical (unpaired) electrons. The van der Waals surface area contributed by atoms with Crippen molar-refractivity contribution in [1.29, 1.82) is 0 Å². The minimum Gasteiger partial charge on any atom is -0.466 e. The van der Waals surface area contributed by atoms with Crippen molar-refractivity contribution in [3.63, 3.8) is 0 Å². The summed E-state index contributed by atoms with van der Waals surface area (Å²) >= 11 is 0. The van der Waals surface area contributed by atoms with Crippen LogP contribution in [-0.2, 0) is 13.0 Å². The number of aryl methyl sites for hydroxylation is 2. The van der Waals surface area contributed by atoms with Gasteiger partial charge in [0.15, 0.2) is 0 Å². The van der Waals surface area contributed by atoms with Gasteiger partial charge in [0.1, 0.15) is 23.7 Å². The maximum absolute atomic E-state index is 12.5. The number of carbonyl (C=O) groups excluding carboxylic acids is 1. The molecule has 0 aliphatic carbocycles. The maximum atomic E-state index is 12.5. The molecule has 0 saturated carbocycles. The van der Waals surface area contributed by atoms with Crippen molar-refractivity contribution >= 4 is 11.7 Å². The van der Waals surface area contributed by atoms with E-state index in [-0.39, 0.29) is 5.91 Å². The maximum Gasteiger partial charge on any atom is 0.257 e. The standard InChI is InChI=1S/C14H16N4O2/c1-8-5-11(9(2)20-8)14(19)18-4-3-10-12(6-18)16-7-17-13(10)15/h5,7H,3-4,6H2,1-2H3,(H2,15,16,17). The molecular formula is C14H16N4O2. The van der Waals surface area contributed by atoms with Crippen LogP contribution in [0.1, 0.15) is 33.1 Å². The number of anilines is 1. The van der Waals surface area contributed by atoms with Gasteiger partial charge < -0.3 is 15.1 Å². The Labute approximate surface area is 116 Å². The largest absolute Gasteiger partial charge is 0.466 e. The molecule has 6 nitrogen and oxygen atoms in total. The van der Waals surface area contributed by atoms with E-state index in [1.807, 2.05) is 6.92 Å². The van der Waals surface area contributed by atoms with Gasteiger partial charge in [0.25, 0.3) is 5.91 Å². The number of fused-ring (bicyclic) bond motifs is 1. The molecule has 2 aromatic heterocycles. The molecule has 0 spiro atoms. The Kier molecular flexibility index (Phi) is 2.93. The van der Waals surface area contributed by atoms with Crippen LogP contribution < -0.4 is 5.73 Å². The van der Waals surface area contributed by atoms with Crippen molar-refractivity contribution in [2.45, 2.75) is 26.8 Å². The number of rotatable bonds is 1. The number of nitrogens with two attached hydrogens (primary N) is 1. The monoisotopic (exact) mass is 272 g/mol. The van der Waals surface area contributed by atoms with Gasteiger partial charge in [-0.3, -0.25) is 4.79 Å². The predicted molar refractivity (Wildman–Crippen MR) is 73.1 cm³/mol. The Hall–Kier alpha value is -2.37. The zero-order chi connectivity index (χ0) is 14.3. The number of hydrogen-bond donors (Lipinski definition) is 1. The van der Waals surface area contributed by atoms with Crippen LogP contribution in [0, 0.1) is 13.8 Å². The first-order chi connectivity index (χ1) is 9.56. The Morgan fingerprint density at radius 3 is 2.90 bits per heavy atom. The Bertz CT molecular complexity index is 678.